The van der Waals surface area contributed by atoms with Gasteiger partial charge in [0.25, 0.3) is 5.91 Å². The van der Waals surface area contributed by atoms with Crippen LogP contribution in [0.25, 0.3) is 10.9 Å². The number of anilines is 1. The van der Waals surface area contributed by atoms with Crippen LogP contribution in [0.3, 0.4) is 0 Å². The zero-order valence-corrected chi connectivity index (χ0v) is 15.8. The second kappa shape index (κ2) is 9.14. The predicted molar refractivity (Wildman–Crippen MR) is 107 cm³/mol. The van der Waals surface area contributed by atoms with E-state index in [9.17, 15) is 9.59 Å². The van der Waals surface area contributed by atoms with Gasteiger partial charge in [0, 0.05) is 28.9 Å². The van der Waals surface area contributed by atoms with Gasteiger partial charge in [-0.1, -0.05) is 23.7 Å². The third-order valence-corrected chi connectivity index (χ3v) is 4.24. The van der Waals surface area contributed by atoms with Crippen LogP contribution in [0.15, 0.2) is 48.5 Å². The lowest BCUT2D eigenvalue weighted by Crippen LogP contribution is -2.25. The predicted octanol–water partition coefficient (Wildman–Crippen LogP) is 3.12. The summed E-state index contributed by atoms with van der Waals surface area (Å²) >= 11 is 5.79. The SMILES string of the molecule is Nc1nc(COC(=O)CCCNC(=O)c2ccc(Cl)cc2)nc2ccccc12. The van der Waals surface area contributed by atoms with E-state index >= 15 is 0 Å². The molecule has 1 amide bonds. The maximum absolute atomic E-state index is 12.0. The molecule has 1 heterocycles. The summed E-state index contributed by atoms with van der Waals surface area (Å²) in [5, 5.41) is 4.07. The molecule has 0 atom stereocenters. The molecule has 3 aromatic rings. The number of rotatable bonds is 7. The van der Waals surface area contributed by atoms with E-state index in [4.69, 9.17) is 22.1 Å². The van der Waals surface area contributed by atoms with E-state index in [0.717, 1.165) is 5.39 Å². The van der Waals surface area contributed by atoms with E-state index in [0.29, 0.717) is 40.7 Å². The van der Waals surface area contributed by atoms with Crippen molar-refractivity contribution in [2.75, 3.05) is 12.3 Å². The second-order valence-electron chi connectivity index (χ2n) is 6.07. The number of carbonyl (C=O) groups excluding carboxylic acids is 2. The number of nitrogen functional groups attached to an aromatic ring is 1. The molecular formula is C20H19ClN4O3. The molecule has 3 N–H and O–H groups in total. The molecule has 0 aliphatic carbocycles. The first-order valence-electron chi connectivity index (χ1n) is 8.73. The summed E-state index contributed by atoms with van der Waals surface area (Å²) in [6, 6.07) is 13.9. The Morgan fingerprint density at radius 3 is 2.61 bits per heavy atom. The molecule has 0 spiro atoms. The fourth-order valence-electron chi connectivity index (χ4n) is 2.57. The Balaban J connectivity index is 1.41. The normalized spacial score (nSPS) is 10.6. The van der Waals surface area contributed by atoms with Gasteiger partial charge in [-0.3, -0.25) is 9.59 Å². The largest absolute Gasteiger partial charge is 0.457 e. The zero-order valence-electron chi connectivity index (χ0n) is 15.0. The van der Waals surface area contributed by atoms with Crippen molar-refractivity contribution in [3.8, 4) is 0 Å². The number of nitrogens with one attached hydrogen (secondary N) is 1. The molecular weight excluding hydrogens is 380 g/mol. The highest BCUT2D eigenvalue weighted by molar-refractivity contribution is 6.30. The van der Waals surface area contributed by atoms with E-state index in [2.05, 4.69) is 15.3 Å². The summed E-state index contributed by atoms with van der Waals surface area (Å²) in [5.41, 5.74) is 7.12. The van der Waals surface area contributed by atoms with Gasteiger partial charge in [-0.2, -0.15) is 0 Å². The highest BCUT2D eigenvalue weighted by Crippen LogP contribution is 2.17. The third-order valence-electron chi connectivity index (χ3n) is 3.99. The number of benzene rings is 2. The quantitative estimate of drug-likeness (QED) is 0.467. The highest BCUT2D eigenvalue weighted by Gasteiger charge is 2.09. The molecule has 0 saturated carbocycles. The van der Waals surface area contributed by atoms with Gasteiger partial charge < -0.3 is 15.8 Å². The maximum atomic E-state index is 12.0. The monoisotopic (exact) mass is 398 g/mol. The van der Waals surface area contributed by atoms with E-state index in [1.54, 1.807) is 24.3 Å². The van der Waals surface area contributed by atoms with E-state index in [-0.39, 0.29) is 18.9 Å². The van der Waals surface area contributed by atoms with Gasteiger partial charge in [0.15, 0.2) is 12.4 Å². The Morgan fingerprint density at radius 1 is 1.07 bits per heavy atom. The molecule has 0 radical (unpaired) electrons. The number of hydrogen-bond acceptors (Lipinski definition) is 6. The van der Waals surface area contributed by atoms with Crippen LogP contribution in [0.1, 0.15) is 29.0 Å². The minimum Gasteiger partial charge on any atom is -0.457 e. The molecule has 2 aromatic carbocycles. The van der Waals surface area contributed by atoms with Gasteiger partial charge in [-0.25, -0.2) is 9.97 Å². The summed E-state index contributed by atoms with van der Waals surface area (Å²) in [4.78, 5) is 32.3. The summed E-state index contributed by atoms with van der Waals surface area (Å²) in [7, 11) is 0. The van der Waals surface area contributed by atoms with Crippen LogP contribution in [0.2, 0.25) is 5.02 Å². The van der Waals surface area contributed by atoms with Gasteiger partial charge in [-0.05, 0) is 42.8 Å². The lowest BCUT2D eigenvalue weighted by Gasteiger charge is -2.07. The molecule has 28 heavy (non-hydrogen) atoms. The van der Waals surface area contributed by atoms with Gasteiger partial charge in [0.2, 0.25) is 0 Å². The molecule has 0 aliphatic heterocycles. The number of ether oxygens (including phenoxy) is 1. The highest BCUT2D eigenvalue weighted by atomic mass is 35.5. The number of fused-ring (bicyclic) bond motifs is 1. The first kappa shape index (κ1) is 19.6. The van der Waals surface area contributed by atoms with Gasteiger partial charge >= 0.3 is 5.97 Å². The maximum Gasteiger partial charge on any atom is 0.306 e. The standard InChI is InChI=1S/C20H19ClN4O3/c21-14-9-7-13(8-10-14)20(27)23-11-3-6-18(26)28-12-17-24-16-5-2-1-4-15(16)19(22)25-17/h1-2,4-5,7-10H,3,6,11-12H2,(H,23,27)(H2,22,24,25). The van der Waals surface area contributed by atoms with Crippen molar-refractivity contribution in [3.63, 3.8) is 0 Å². The number of amides is 1. The number of esters is 1. The van der Waals surface area contributed by atoms with Gasteiger partial charge in [0.1, 0.15) is 5.82 Å². The zero-order chi connectivity index (χ0) is 19.9. The summed E-state index contributed by atoms with van der Waals surface area (Å²) in [6.45, 7) is 0.307. The number of nitrogens with two attached hydrogens (primary N) is 1. The van der Waals surface area contributed by atoms with Crippen LogP contribution < -0.4 is 11.1 Å². The average Bonchev–Trinajstić information content (AvgIpc) is 2.70. The Morgan fingerprint density at radius 2 is 1.82 bits per heavy atom. The smallest absolute Gasteiger partial charge is 0.306 e. The fraction of sp³-hybridized carbons (Fsp3) is 0.200. The molecule has 144 valence electrons. The molecule has 7 nitrogen and oxygen atoms in total. The number of carbonyl (C=O) groups is 2. The molecule has 0 bridgehead atoms. The topological polar surface area (TPSA) is 107 Å². The van der Waals surface area contributed by atoms with Crippen LogP contribution in [-0.2, 0) is 16.1 Å². The first-order chi connectivity index (χ1) is 13.5. The molecule has 0 fully saturated rings. The minimum atomic E-state index is -0.393. The molecule has 0 saturated heterocycles. The van der Waals surface area contributed by atoms with Crippen LogP contribution in [-0.4, -0.2) is 28.4 Å². The van der Waals surface area contributed by atoms with Crippen LogP contribution in [0.5, 0.6) is 0 Å². The molecule has 1 aromatic heterocycles. The third kappa shape index (κ3) is 5.17. The van der Waals surface area contributed by atoms with Crippen LogP contribution in [0.4, 0.5) is 5.82 Å². The average molecular weight is 399 g/mol. The van der Waals surface area contributed by atoms with Gasteiger partial charge in [0.05, 0.1) is 5.52 Å². The van der Waals surface area contributed by atoms with Crippen LogP contribution >= 0.6 is 11.6 Å². The van der Waals surface area contributed by atoms with Crippen molar-refractivity contribution in [1.82, 2.24) is 15.3 Å². The van der Waals surface area contributed by atoms with Crippen LogP contribution in [0, 0.1) is 0 Å². The second-order valence-corrected chi connectivity index (χ2v) is 6.51. The van der Waals surface area contributed by atoms with E-state index < -0.39 is 5.97 Å². The number of nitrogens with zero attached hydrogens (tertiary/aromatic N) is 2. The lowest BCUT2D eigenvalue weighted by molar-refractivity contribution is -0.145. The number of para-hydroxylation sites is 1. The summed E-state index contributed by atoms with van der Waals surface area (Å²) in [5.74, 6) is 0.0864. The Kier molecular flexibility index (Phi) is 6.39. The molecule has 8 heteroatoms. The molecule has 3 rings (SSSR count). The Bertz CT molecular complexity index is 992. The summed E-state index contributed by atoms with van der Waals surface area (Å²) in [6.07, 6.45) is 0.628. The van der Waals surface area contributed by atoms with Crippen molar-refractivity contribution < 1.29 is 14.3 Å². The molecule has 0 aliphatic rings. The van der Waals surface area contributed by atoms with Crippen molar-refractivity contribution >= 4 is 40.2 Å². The van der Waals surface area contributed by atoms with Crippen molar-refractivity contribution in [2.45, 2.75) is 19.4 Å². The summed E-state index contributed by atoms with van der Waals surface area (Å²) < 4.78 is 5.19. The Labute approximate surface area is 166 Å². The van der Waals surface area contributed by atoms with E-state index in [1.165, 1.54) is 0 Å². The molecule has 0 unspecified atom stereocenters. The van der Waals surface area contributed by atoms with Crippen molar-refractivity contribution in [2.24, 2.45) is 0 Å². The number of aromatic nitrogens is 2. The lowest BCUT2D eigenvalue weighted by atomic mass is 10.2. The van der Waals surface area contributed by atoms with E-state index in [1.807, 2.05) is 24.3 Å². The van der Waals surface area contributed by atoms with Crippen molar-refractivity contribution in [3.05, 3.63) is 64.9 Å². The number of hydrogen-bond donors (Lipinski definition) is 2. The first-order valence-corrected chi connectivity index (χ1v) is 9.11. The van der Waals surface area contributed by atoms with Gasteiger partial charge in [-0.15, -0.1) is 0 Å². The Hall–Kier alpha value is -3.19. The van der Waals surface area contributed by atoms with Crippen molar-refractivity contribution in [1.29, 1.82) is 0 Å². The fourth-order valence-corrected chi connectivity index (χ4v) is 2.70. The minimum absolute atomic E-state index is 0.0506. The number of halogens is 1.